The molecule has 1 atom stereocenters. The zero-order valence-electron chi connectivity index (χ0n) is 12.2. The standard InChI is InChI=1S/C15H16N2O4S2/c18-13(17-21-12-5-1-2-7-20-12)10-6-9-23-15(10)16-14(19)11-4-3-8-22-11/h3-4,6,8-9,12H,1-2,5,7H2,(H,16,19)(H,17,18). The number of nitrogens with one attached hydrogen (secondary N) is 2. The molecule has 0 bridgehead atoms. The Kier molecular flexibility index (Phi) is 5.39. The molecule has 2 aromatic heterocycles. The van der Waals surface area contributed by atoms with Crippen LogP contribution in [-0.2, 0) is 9.57 Å². The van der Waals surface area contributed by atoms with Gasteiger partial charge in [0, 0.05) is 13.0 Å². The summed E-state index contributed by atoms with van der Waals surface area (Å²) >= 11 is 2.64. The SMILES string of the molecule is O=C(Nc1sccc1C(=O)NOC1CCCCO1)c1cccs1. The molecule has 1 fully saturated rings. The van der Waals surface area contributed by atoms with Gasteiger partial charge in [-0.3, -0.25) is 9.59 Å². The van der Waals surface area contributed by atoms with Gasteiger partial charge in [-0.05, 0) is 35.7 Å². The Morgan fingerprint density at radius 1 is 1.17 bits per heavy atom. The predicted octanol–water partition coefficient (Wildman–Crippen LogP) is 3.25. The number of anilines is 1. The van der Waals surface area contributed by atoms with Crippen molar-refractivity contribution in [3.63, 3.8) is 0 Å². The second-order valence-electron chi connectivity index (χ2n) is 4.94. The molecule has 0 spiro atoms. The second kappa shape index (κ2) is 7.69. The Morgan fingerprint density at radius 2 is 2.09 bits per heavy atom. The minimum atomic E-state index is -0.407. The van der Waals surface area contributed by atoms with Crippen LogP contribution in [0.5, 0.6) is 0 Å². The van der Waals surface area contributed by atoms with Gasteiger partial charge >= 0.3 is 0 Å². The third-order valence-corrected chi connectivity index (χ3v) is 5.00. The van der Waals surface area contributed by atoms with Crippen LogP contribution >= 0.6 is 22.7 Å². The first kappa shape index (κ1) is 16.1. The molecule has 8 heteroatoms. The van der Waals surface area contributed by atoms with E-state index in [0.717, 1.165) is 19.3 Å². The summed E-state index contributed by atoms with van der Waals surface area (Å²) in [7, 11) is 0. The Labute approximate surface area is 141 Å². The van der Waals surface area contributed by atoms with E-state index in [1.165, 1.54) is 22.7 Å². The average Bonchev–Trinajstić information content (AvgIpc) is 3.25. The molecule has 0 saturated carbocycles. The molecule has 2 amide bonds. The van der Waals surface area contributed by atoms with E-state index >= 15 is 0 Å². The average molecular weight is 352 g/mol. The monoisotopic (exact) mass is 352 g/mol. The van der Waals surface area contributed by atoms with Gasteiger partial charge in [-0.15, -0.1) is 22.7 Å². The minimum Gasteiger partial charge on any atom is -0.350 e. The first-order chi connectivity index (χ1) is 11.2. The van der Waals surface area contributed by atoms with E-state index in [2.05, 4.69) is 10.8 Å². The molecule has 1 aliphatic rings. The summed E-state index contributed by atoms with van der Waals surface area (Å²) in [5.74, 6) is -0.630. The highest BCUT2D eigenvalue weighted by Crippen LogP contribution is 2.24. The maximum absolute atomic E-state index is 12.2. The maximum Gasteiger partial charge on any atom is 0.277 e. The van der Waals surface area contributed by atoms with Crippen molar-refractivity contribution in [1.82, 2.24) is 5.48 Å². The molecule has 0 aliphatic carbocycles. The van der Waals surface area contributed by atoms with Crippen LogP contribution in [0.1, 0.15) is 39.3 Å². The van der Waals surface area contributed by atoms with E-state index < -0.39 is 12.2 Å². The van der Waals surface area contributed by atoms with Crippen LogP contribution < -0.4 is 10.8 Å². The van der Waals surface area contributed by atoms with Crippen molar-refractivity contribution in [3.05, 3.63) is 39.4 Å². The fraction of sp³-hybridized carbons (Fsp3) is 0.333. The molecular formula is C15H16N2O4S2. The highest BCUT2D eigenvalue weighted by Gasteiger charge is 2.19. The van der Waals surface area contributed by atoms with Crippen molar-refractivity contribution in [2.45, 2.75) is 25.6 Å². The van der Waals surface area contributed by atoms with Crippen molar-refractivity contribution in [2.24, 2.45) is 0 Å². The largest absolute Gasteiger partial charge is 0.350 e. The van der Waals surface area contributed by atoms with Crippen LogP contribution in [-0.4, -0.2) is 24.7 Å². The van der Waals surface area contributed by atoms with Gasteiger partial charge in [0.1, 0.15) is 5.00 Å². The van der Waals surface area contributed by atoms with Crippen molar-refractivity contribution >= 4 is 39.5 Å². The van der Waals surface area contributed by atoms with Gasteiger partial charge in [-0.2, -0.15) is 0 Å². The Hall–Kier alpha value is -1.74. The second-order valence-corrected chi connectivity index (χ2v) is 6.80. The molecule has 0 radical (unpaired) electrons. The lowest BCUT2D eigenvalue weighted by atomic mass is 10.2. The lowest BCUT2D eigenvalue weighted by Gasteiger charge is -2.22. The third kappa shape index (κ3) is 4.17. The molecule has 1 unspecified atom stereocenters. The molecule has 1 aliphatic heterocycles. The number of carbonyl (C=O) groups excluding carboxylic acids is 2. The van der Waals surface area contributed by atoms with Crippen molar-refractivity contribution in [2.75, 3.05) is 11.9 Å². The van der Waals surface area contributed by atoms with E-state index in [9.17, 15) is 9.59 Å². The molecule has 3 rings (SSSR count). The molecular weight excluding hydrogens is 336 g/mol. The number of ether oxygens (including phenoxy) is 1. The van der Waals surface area contributed by atoms with Crippen molar-refractivity contribution in [3.8, 4) is 0 Å². The Balaban J connectivity index is 1.58. The third-order valence-electron chi connectivity index (χ3n) is 3.30. The molecule has 122 valence electrons. The van der Waals surface area contributed by atoms with E-state index in [1.54, 1.807) is 23.6 Å². The van der Waals surface area contributed by atoms with Crippen LogP contribution in [0.3, 0.4) is 0 Å². The lowest BCUT2D eigenvalue weighted by molar-refractivity contribution is -0.186. The zero-order valence-corrected chi connectivity index (χ0v) is 13.9. The van der Waals surface area contributed by atoms with Crippen molar-refractivity contribution in [1.29, 1.82) is 0 Å². The number of thiophene rings is 2. The summed E-state index contributed by atoms with van der Waals surface area (Å²) in [6.07, 6.45) is 2.38. The number of hydrogen-bond donors (Lipinski definition) is 2. The van der Waals surface area contributed by atoms with Gasteiger partial charge in [0.05, 0.1) is 10.4 Å². The zero-order chi connectivity index (χ0) is 16.1. The highest BCUT2D eigenvalue weighted by atomic mass is 32.1. The lowest BCUT2D eigenvalue weighted by Crippen LogP contribution is -2.33. The van der Waals surface area contributed by atoms with E-state index in [0.29, 0.717) is 22.0 Å². The number of hydrogen-bond acceptors (Lipinski definition) is 6. The van der Waals surface area contributed by atoms with Crippen LogP contribution in [0.2, 0.25) is 0 Å². The molecule has 3 heterocycles. The van der Waals surface area contributed by atoms with Crippen LogP contribution in [0.15, 0.2) is 29.0 Å². The number of rotatable bonds is 5. The van der Waals surface area contributed by atoms with Gasteiger partial charge in [0.2, 0.25) is 0 Å². The first-order valence-corrected chi connectivity index (χ1v) is 9.00. The van der Waals surface area contributed by atoms with Gasteiger partial charge in [-0.25, -0.2) is 10.3 Å². The molecule has 6 nitrogen and oxygen atoms in total. The normalized spacial score (nSPS) is 17.7. The predicted molar refractivity (Wildman–Crippen MR) is 88.7 cm³/mol. The summed E-state index contributed by atoms with van der Waals surface area (Å²) in [6.45, 7) is 0.640. The van der Waals surface area contributed by atoms with E-state index in [1.807, 2.05) is 5.38 Å². The van der Waals surface area contributed by atoms with Gasteiger partial charge in [-0.1, -0.05) is 6.07 Å². The molecule has 1 saturated heterocycles. The quantitative estimate of drug-likeness (QED) is 0.810. The summed E-state index contributed by atoms with van der Waals surface area (Å²) in [4.78, 5) is 30.1. The van der Waals surface area contributed by atoms with E-state index in [-0.39, 0.29) is 5.91 Å². The van der Waals surface area contributed by atoms with Crippen molar-refractivity contribution < 1.29 is 19.2 Å². The summed E-state index contributed by atoms with van der Waals surface area (Å²) in [6, 6.07) is 5.19. The number of amides is 2. The van der Waals surface area contributed by atoms with Crippen LogP contribution in [0.4, 0.5) is 5.00 Å². The van der Waals surface area contributed by atoms with Crippen LogP contribution in [0.25, 0.3) is 0 Å². The fourth-order valence-corrected chi connectivity index (χ4v) is 3.53. The van der Waals surface area contributed by atoms with Crippen LogP contribution in [0, 0.1) is 0 Å². The number of carbonyl (C=O) groups is 2. The summed E-state index contributed by atoms with van der Waals surface area (Å²) in [5, 5.41) is 6.82. The van der Waals surface area contributed by atoms with Gasteiger partial charge in [0.25, 0.3) is 11.8 Å². The van der Waals surface area contributed by atoms with Gasteiger partial charge < -0.3 is 10.1 Å². The topological polar surface area (TPSA) is 76.7 Å². The summed E-state index contributed by atoms with van der Waals surface area (Å²) < 4.78 is 5.39. The molecule has 0 aromatic carbocycles. The first-order valence-electron chi connectivity index (χ1n) is 7.24. The minimum absolute atomic E-state index is 0.229. The Morgan fingerprint density at radius 3 is 2.83 bits per heavy atom. The smallest absolute Gasteiger partial charge is 0.277 e. The van der Waals surface area contributed by atoms with Gasteiger partial charge in [0.15, 0.2) is 6.29 Å². The molecule has 23 heavy (non-hydrogen) atoms. The van der Waals surface area contributed by atoms with E-state index in [4.69, 9.17) is 9.57 Å². The highest BCUT2D eigenvalue weighted by molar-refractivity contribution is 7.15. The Bertz CT molecular complexity index is 663. The molecule has 2 N–H and O–H groups in total. The number of hydroxylamine groups is 1. The summed E-state index contributed by atoms with van der Waals surface area (Å²) in [5.41, 5.74) is 2.77. The fourth-order valence-electron chi connectivity index (χ4n) is 2.14. The maximum atomic E-state index is 12.2. The molecule has 2 aromatic rings.